The predicted molar refractivity (Wildman–Crippen MR) is 145 cm³/mol. The highest BCUT2D eigenvalue weighted by Gasteiger charge is 2.18. The summed E-state index contributed by atoms with van der Waals surface area (Å²) in [6.07, 6.45) is 6.12. The zero-order valence-corrected chi connectivity index (χ0v) is 22.5. The van der Waals surface area contributed by atoms with Gasteiger partial charge in [-0.1, -0.05) is 72.8 Å². The first-order chi connectivity index (χ1) is 16.0. The number of benzene rings is 2. The van der Waals surface area contributed by atoms with Gasteiger partial charge < -0.3 is 9.13 Å². The Hall–Kier alpha value is -2.89. The Kier molecular flexibility index (Phi) is 6.70. The third-order valence-electron chi connectivity index (χ3n) is 6.41. The van der Waals surface area contributed by atoms with Gasteiger partial charge >= 0.3 is 0 Å². The van der Waals surface area contributed by atoms with E-state index in [0.29, 0.717) is 17.0 Å². The third-order valence-corrected chi connectivity index (χ3v) is 8.68. The lowest BCUT2D eigenvalue weighted by atomic mass is 10.0. The fraction of sp³-hybridized carbons (Fsp3) is 0.286. The summed E-state index contributed by atoms with van der Waals surface area (Å²) in [5.74, 6) is 0. The zero-order valence-electron chi connectivity index (χ0n) is 20.8. The number of halogens is 1. The molecule has 0 aliphatic rings. The first-order valence-corrected chi connectivity index (χ1v) is 15.5. The maximum Gasteiger partial charge on any atom is 0.254 e. The molecule has 0 saturated carbocycles. The predicted octanol–water partition coefficient (Wildman–Crippen LogP) is 6.05. The number of aryl methyl sites for hydroxylation is 2. The Bertz CT molecular complexity index is 1380. The molecule has 2 aromatic carbocycles. The van der Waals surface area contributed by atoms with Crippen molar-refractivity contribution in [2.45, 2.75) is 52.9 Å². The molecule has 0 saturated heterocycles. The minimum absolute atomic E-state index is 0.00173. The van der Waals surface area contributed by atoms with Gasteiger partial charge in [-0.05, 0) is 49.6 Å². The molecule has 0 unspecified atom stereocenters. The van der Waals surface area contributed by atoms with Crippen molar-refractivity contribution in [1.82, 2.24) is 14.1 Å². The highest BCUT2D eigenvalue weighted by atomic mass is 35.5. The average Bonchev–Trinajstić information content (AvgIpc) is 3.21. The van der Waals surface area contributed by atoms with Crippen LogP contribution < -0.4 is 10.7 Å². The molecule has 4 aromatic rings. The lowest BCUT2D eigenvalue weighted by Crippen LogP contribution is -2.37. The number of hydrogen-bond acceptors (Lipinski definition) is 2. The molecule has 0 spiro atoms. The van der Waals surface area contributed by atoms with E-state index in [2.05, 4.69) is 80.9 Å². The maximum absolute atomic E-state index is 13.4. The Balaban J connectivity index is 1.63. The monoisotopic (exact) mass is 489 g/mol. The van der Waals surface area contributed by atoms with E-state index in [1.165, 1.54) is 5.19 Å². The van der Waals surface area contributed by atoms with E-state index in [9.17, 15) is 4.79 Å². The number of nitrogens with zero attached hydrogens (tertiary/aromatic N) is 3. The largest absolute Gasteiger partial charge is 0.307 e. The van der Waals surface area contributed by atoms with Crippen molar-refractivity contribution in [2.24, 2.45) is 0 Å². The van der Waals surface area contributed by atoms with Crippen molar-refractivity contribution < 1.29 is 0 Å². The van der Waals surface area contributed by atoms with Crippen LogP contribution in [0.15, 0.2) is 72.0 Å². The molecule has 2 heterocycles. The maximum atomic E-state index is 13.4. The molecule has 0 aliphatic heterocycles. The molecule has 0 aliphatic carbocycles. The molecule has 2 aromatic heterocycles. The van der Waals surface area contributed by atoms with Gasteiger partial charge in [0.1, 0.15) is 0 Å². The molecule has 0 amide bonds. The second-order valence-corrected chi connectivity index (χ2v) is 15.7. The van der Waals surface area contributed by atoms with Crippen LogP contribution in [0.25, 0.3) is 5.69 Å². The van der Waals surface area contributed by atoms with E-state index in [4.69, 9.17) is 11.6 Å². The topological polar surface area (TPSA) is 39.8 Å². The molecule has 6 heteroatoms. The fourth-order valence-electron chi connectivity index (χ4n) is 4.35. The van der Waals surface area contributed by atoms with E-state index in [-0.39, 0.29) is 11.6 Å². The van der Waals surface area contributed by atoms with Crippen molar-refractivity contribution in [2.75, 3.05) is 0 Å². The van der Waals surface area contributed by atoms with Crippen molar-refractivity contribution >= 4 is 24.9 Å². The van der Waals surface area contributed by atoms with E-state index in [1.54, 1.807) is 16.8 Å². The van der Waals surface area contributed by atoms with Gasteiger partial charge in [-0.2, -0.15) is 0 Å². The molecular formula is C28H32ClN3OSi. The van der Waals surface area contributed by atoms with Crippen LogP contribution in [-0.4, -0.2) is 22.2 Å². The normalized spacial score (nSPS) is 12.7. The molecule has 4 nitrogen and oxygen atoms in total. The van der Waals surface area contributed by atoms with Gasteiger partial charge in [0.15, 0.2) is 0 Å². The first-order valence-electron chi connectivity index (χ1n) is 11.6. The van der Waals surface area contributed by atoms with Crippen LogP contribution in [0.5, 0.6) is 0 Å². The van der Waals surface area contributed by atoms with Gasteiger partial charge in [-0.3, -0.25) is 4.79 Å². The lowest BCUT2D eigenvalue weighted by Gasteiger charge is -2.20. The summed E-state index contributed by atoms with van der Waals surface area (Å²) in [5, 5.41) is 1.98. The van der Waals surface area contributed by atoms with Crippen LogP contribution in [0.4, 0.5) is 0 Å². The van der Waals surface area contributed by atoms with Gasteiger partial charge in [0.2, 0.25) is 0 Å². The van der Waals surface area contributed by atoms with Crippen molar-refractivity contribution in [1.29, 1.82) is 0 Å². The molecule has 1 atom stereocenters. The quantitative estimate of drug-likeness (QED) is 0.309. The van der Waals surface area contributed by atoms with E-state index in [1.807, 2.05) is 24.0 Å². The number of pyridine rings is 1. The van der Waals surface area contributed by atoms with Crippen LogP contribution in [0.3, 0.4) is 0 Å². The van der Waals surface area contributed by atoms with Gasteiger partial charge in [-0.15, -0.1) is 0 Å². The fourth-order valence-corrected chi connectivity index (χ4v) is 5.75. The Morgan fingerprint density at radius 1 is 1.00 bits per heavy atom. The van der Waals surface area contributed by atoms with Gasteiger partial charge in [-0.25, -0.2) is 4.98 Å². The van der Waals surface area contributed by atoms with E-state index < -0.39 is 8.07 Å². The highest BCUT2D eigenvalue weighted by molar-refractivity contribution is 6.88. The Labute approximate surface area is 207 Å². The van der Waals surface area contributed by atoms with Gasteiger partial charge in [0, 0.05) is 30.1 Å². The molecule has 4 rings (SSSR count). The average molecular weight is 490 g/mol. The molecule has 34 heavy (non-hydrogen) atoms. The van der Waals surface area contributed by atoms with E-state index in [0.717, 1.165) is 28.1 Å². The van der Waals surface area contributed by atoms with Crippen LogP contribution in [0.1, 0.15) is 40.9 Å². The van der Waals surface area contributed by atoms with Crippen LogP contribution in [0.2, 0.25) is 24.7 Å². The first kappa shape index (κ1) is 24.2. The smallest absolute Gasteiger partial charge is 0.254 e. The van der Waals surface area contributed by atoms with Crippen LogP contribution in [0, 0.1) is 13.8 Å². The summed E-state index contributed by atoms with van der Waals surface area (Å²) in [6, 6.07) is 16.7. The molecule has 0 radical (unpaired) electrons. The zero-order chi connectivity index (χ0) is 24.6. The van der Waals surface area contributed by atoms with Crippen molar-refractivity contribution in [3.05, 3.63) is 111 Å². The lowest BCUT2D eigenvalue weighted by molar-refractivity contribution is 0.610. The van der Waals surface area contributed by atoms with Crippen LogP contribution in [-0.2, 0) is 6.42 Å². The van der Waals surface area contributed by atoms with Gasteiger partial charge in [0.05, 0.1) is 31.2 Å². The molecule has 0 N–H and O–H groups in total. The number of imidazole rings is 1. The summed E-state index contributed by atoms with van der Waals surface area (Å²) >= 11 is 6.48. The summed E-state index contributed by atoms with van der Waals surface area (Å²) in [6.45, 7) is 13.1. The number of hydrogen-bond donors (Lipinski definition) is 0. The minimum atomic E-state index is -1.37. The second-order valence-electron chi connectivity index (χ2n) is 10.2. The third kappa shape index (κ3) is 5.11. The second kappa shape index (κ2) is 9.39. The SMILES string of the molecule is Cc1cn(-c2ccc(Cc3cc(Cl)cn([C@@H](C)c4ccc([Si](C)(C)C)cc4)c3=O)cc2C)cn1. The Morgan fingerprint density at radius 2 is 1.71 bits per heavy atom. The van der Waals surface area contributed by atoms with Crippen LogP contribution >= 0.6 is 11.6 Å². The summed E-state index contributed by atoms with van der Waals surface area (Å²) < 4.78 is 3.78. The number of aromatic nitrogens is 3. The van der Waals surface area contributed by atoms with E-state index >= 15 is 0 Å². The summed E-state index contributed by atoms with van der Waals surface area (Å²) in [7, 11) is -1.37. The molecular weight excluding hydrogens is 458 g/mol. The minimum Gasteiger partial charge on any atom is -0.307 e. The molecule has 176 valence electrons. The summed E-state index contributed by atoms with van der Waals surface area (Å²) in [5.41, 5.74) is 6.08. The number of rotatable bonds is 6. The Morgan fingerprint density at radius 3 is 2.29 bits per heavy atom. The standard InChI is InChI=1S/C28H32ClN3OSi/c1-19-13-22(7-12-27(19)31-16-20(2)30-18-31)14-24-15-25(29)17-32(28(24)33)21(3)23-8-10-26(11-9-23)34(4,5)6/h7-13,15-18,21H,14H2,1-6H3/t21-/m0/s1. The van der Waals surface area contributed by atoms with Crippen molar-refractivity contribution in [3.8, 4) is 5.69 Å². The van der Waals surface area contributed by atoms with Gasteiger partial charge in [0.25, 0.3) is 5.56 Å². The molecule has 0 fully saturated rings. The highest BCUT2D eigenvalue weighted by Crippen LogP contribution is 2.22. The molecule has 0 bridgehead atoms. The van der Waals surface area contributed by atoms with Crippen molar-refractivity contribution in [3.63, 3.8) is 0 Å². The summed E-state index contributed by atoms with van der Waals surface area (Å²) in [4.78, 5) is 17.8.